The summed E-state index contributed by atoms with van der Waals surface area (Å²) in [7, 11) is 0. The number of Topliss-reactive ketones (excluding diaryl/α,β-unsaturated/α-hetero) is 1. The van der Waals surface area contributed by atoms with Crippen LogP contribution >= 0.6 is 0 Å². The summed E-state index contributed by atoms with van der Waals surface area (Å²) in [5.41, 5.74) is -0.209. The highest BCUT2D eigenvalue weighted by molar-refractivity contribution is 5.95. The van der Waals surface area contributed by atoms with E-state index in [2.05, 4.69) is 15.4 Å². The van der Waals surface area contributed by atoms with Crippen LogP contribution in [0.2, 0.25) is 0 Å². The van der Waals surface area contributed by atoms with E-state index in [1.54, 1.807) is 0 Å². The van der Waals surface area contributed by atoms with Crippen LogP contribution in [0.1, 0.15) is 52.4 Å². The number of hydrogen-bond donors (Lipinski definition) is 3. The average Bonchev–Trinajstić information content (AvgIpc) is 3.19. The van der Waals surface area contributed by atoms with Crippen LogP contribution in [0.4, 0.5) is 13.2 Å². The number of nitrogens with zero attached hydrogens (tertiary/aromatic N) is 1. The summed E-state index contributed by atoms with van der Waals surface area (Å²) in [5, 5.41) is 15.4. The Morgan fingerprint density at radius 2 is 1.97 bits per heavy atom. The minimum atomic E-state index is -5.02. The first-order valence-corrected chi connectivity index (χ1v) is 11.6. The second-order valence-corrected chi connectivity index (χ2v) is 10.1. The van der Waals surface area contributed by atoms with E-state index < -0.39 is 54.7 Å². The molecule has 192 valence electrons. The number of nitrogens with one attached hydrogen (secondary N) is 2. The molecule has 3 N–H and O–H groups in total. The van der Waals surface area contributed by atoms with Crippen molar-refractivity contribution in [2.45, 2.75) is 76.9 Å². The Morgan fingerprint density at radius 1 is 1.29 bits per heavy atom. The van der Waals surface area contributed by atoms with Gasteiger partial charge in [-0.15, -0.1) is 13.2 Å². The molecule has 4 unspecified atom stereocenters. The Labute approximate surface area is 195 Å². The minimum absolute atomic E-state index is 0.0527. The monoisotopic (exact) mass is 491 g/mol. The molecule has 3 rings (SSSR count). The number of ketones is 1. The minimum Gasteiger partial charge on any atom is -0.383 e. The van der Waals surface area contributed by atoms with E-state index in [-0.39, 0.29) is 30.1 Å². The molecule has 3 aliphatic rings. The van der Waals surface area contributed by atoms with Crippen molar-refractivity contribution in [3.8, 4) is 0 Å². The highest BCUT2D eigenvalue weighted by Crippen LogP contribution is 2.55. The summed E-state index contributed by atoms with van der Waals surface area (Å²) in [4.78, 5) is 51.9. The molecule has 34 heavy (non-hydrogen) atoms. The number of ether oxygens (including phenoxy) is 1. The number of halogens is 3. The zero-order valence-corrected chi connectivity index (χ0v) is 19.3. The van der Waals surface area contributed by atoms with Gasteiger partial charge in [-0.2, -0.15) is 0 Å². The molecule has 0 aromatic rings. The molecule has 2 saturated heterocycles. The predicted octanol–water partition coefficient (Wildman–Crippen LogP) is 0.891. The fourth-order valence-corrected chi connectivity index (χ4v) is 4.75. The highest BCUT2D eigenvalue weighted by atomic mass is 19.4. The quantitative estimate of drug-likeness (QED) is 0.417. The molecule has 0 aromatic heterocycles. The smallest absolute Gasteiger partial charge is 0.383 e. The lowest BCUT2D eigenvalue weighted by Gasteiger charge is -2.28. The number of hydrogen-bond acceptors (Lipinski definition) is 6. The standard InChI is InChI=1S/C22H32F3N3O6/c1-12(2)7-16(29)20(33)28-11-21(4-5-21)9-15(28)19(32)27-14(8-13-3-6-26-18(13)31)17(30)10-34-22(23,24)25/h12-16,29H,3-11H2,1-2H3,(H,26,31)(H,27,32). The van der Waals surface area contributed by atoms with Crippen molar-refractivity contribution >= 4 is 23.5 Å². The molecule has 3 amide bonds. The maximum absolute atomic E-state index is 13.2. The first kappa shape index (κ1) is 26.4. The normalized spacial score (nSPS) is 25.4. The van der Waals surface area contributed by atoms with Crippen LogP contribution in [0, 0.1) is 17.3 Å². The molecule has 4 atom stereocenters. The Balaban J connectivity index is 1.73. The Kier molecular flexibility index (Phi) is 7.91. The van der Waals surface area contributed by atoms with E-state index in [1.165, 1.54) is 4.90 Å². The largest absolute Gasteiger partial charge is 0.522 e. The first-order valence-electron chi connectivity index (χ1n) is 11.6. The van der Waals surface area contributed by atoms with Gasteiger partial charge in [0.05, 0.1) is 6.04 Å². The van der Waals surface area contributed by atoms with Crippen LogP contribution in [-0.4, -0.2) is 77.8 Å². The van der Waals surface area contributed by atoms with Gasteiger partial charge in [0, 0.05) is 19.0 Å². The van der Waals surface area contributed by atoms with Crippen molar-refractivity contribution in [1.29, 1.82) is 0 Å². The topological polar surface area (TPSA) is 125 Å². The molecule has 0 radical (unpaired) electrons. The van der Waals surface area contributed by atoms with Gasteiger partial charge in [-0.1, -0.05) is 13.8 Å². The van der Waals surface area contributed by atoms with Gasteiger partial charge in [-0.25, -0.2) is 0 Å². The van der Waals surface area contributed by atoms with Gasteiger partial charge in [-0.3, -0.25) is 23.9 Å². The van der Waals surface area contributed by atoms with Crippen LogP contribution in [0.15, 0.2) is 0 Å². The number of amides is 3. The number of carbonyl (C=O) groups excluding carboxylic acids is 4. The molecule has 1 saturated carbocycles. The van der Waals surface area contributed by atoms with Crippen molar-refractivity contribution < 1.29 is 42.2 Å². The predicted molar refractivity (Wildman–Crippen MR) is 112 cm³/mol. The van der Waals surface area contributed by atoms with Crippen LogP contribution in [0.25, 0.3) is 0 Å². The van der Waals surface area contributed by atoms with E-state index in [1.807, 2.05) is 13.8 Å². The maximum Gasteiger partial charge on any atom is 0.522 e. The van der Waals surface area contributed by atoms with E-state index in [0.29, 0.717) is 25.9 Å². The summed E-state index contributed by atoms with van der Waals surface area (Å²) in [6.07, 6.45) is -3.85. The van der Waals surface area contributed by atoms with Gasteiger partial charge in [0.15, 0.2) is 5.78 Å². The van der Waals surface area contributed by atoms with Crippen molar-refractivity contribution in [3.05, 3.63) is 0 Å². The second kappa shape index (κ2) is 10.2. The molecule has 0 bridgehead atoms. The van der Waals surface area contributed by atoms with E-state index in [4.69, 9.17) is 0 Å². The number of aliphatic hydroxyl groups is 1. The SMILES string of the molecule is CC(C)CC(O)C(=O)N1CC2(CC2)CC1C(=O)NC(CC1CCNC1=O)C(=O)COC(F)(F)F. The third kappa shape index (κ3) is 6.68. The molecular formula is C22H32F3N3O6. The molecule has 3 fully saturated rings. The van der Waals surface area contributed by atoms with E-state index in [0.717, 1.165) is 12.8 Å². The van der Waals surface area contributed by atoms with Gasteiger partial charge < -0.3 is 20.6 Å². The van der Waals surface area contributed by atoms with Gasteiger partial charge >= 0.3 is 6.36 Å². The van der Waals surface area contributed by atoms with E-state index in [9.17, 15) is 37.5 Å². The summed E-state index contributed by atoms with van der Waals surface area (Å²) >= 11 is 0. The van der Waals surface area contributed by atoms with Crippen LogP contribution in [0.5, 0.6) is 0 Å². The van der Waals surface area contributed by atoms with E-state index >= 15 is 0 Å². The molecule has 0 aromatic carbocycles. The van der Waals surface area contributed by atoms with Gasteiger partial charge in [-0.05, 0) is 49.9 Å². The van der Waals surface area contributed by atoms with Crippen molar-refractivity contribution in [2.75, 3.05) is 19.7 Å². The van der Waals surface area contributed by atoms with Crippen LogP contribution in [-0.2, 0) is 23.9 Å². The molecule has 2 heterocycles. The van der Waals surface area contributed by atoms with Gasteiger partial charge in [0.1, 0.15) is 18.8 Å². The third-order valence-corrected chi connectivity index (χ3v) is 6.80. The molecule has 9 nitrogen and oxygen atoms in total. The molecular weight excluding hydrogens is 459 g/mol. The van der Waals surface area contributed by atoms with Crippen LogP contribution < -0.4 is 10.6 Å². The summed E-state index contributed by atoms with van der Waals surface area (Å²) in [5.74, 6) is -3.19. The number of likely N-dealkylation sites (tertiary alicyclic amines) is 1. The Hall–Kier alpha value is -2.21. The number of alkyl halides is 3. The summed E-state index contributed by atoms with van der Waals surface area (Å²) in [6.45, 7) is 3.09. The Bertz CT molecular complexity index is 814. The lowest BCUT2D eigenvalue weighted by molar-refractivity contribution is -0.321. The van der Waals surface area contributed by atoms with Crippen molar-refractivity contribution in [1.82, 2.24) is 15.5 Å². The number of aliphatic hydroxyl groups excluding tert-OH is 1. The molecule has 2 aliphatic heterocycles. The van der Waals surface area contributed by atoms with Crippen molar-refractivity contribution in [3.63, 3.8) is 0 Å². The lowest BCUT2D eigenvalue weighted by Crippen LogP contribution is -2.53. The molecule has 1 aliphatic carbocycles. The first-order chi connectivity index (χ1) is 15.8. The number of rotatable bonds is 10. The Morgan fingerprint density at radius 3 is 2.50 bits per heavy atom. The summed E-state index contributed by atoms with van der Waals surface area (Å²) < 4.78 is 41.0. The molecule has 12 heteroatoms. The lowest BCUT2D eigenvalue weighted by atomic mass is 9.95. The maximum atomic E-state index is 13.2. The van der Waals surface area contributed by atoms with Crippen LogP contribution in [0.3, 0.4) is 0 Å². The van der Waals surface area contributed by atoms with Gasteiger partial charge in [0.25, 0.3) is 5.91 Å². The molecule has 1 spiro atoms. The summed E-state index contributed by atoms with van der Waals surface area (Å²) in [6, 6.07) is -2.33. The average molecular weight is 492 g/mol. The number of carbonyl (C=O) groups is 4. The second-order valence-electron chi connectivity index (χ2n) is 10.1. The zero-order chi connectivity index (χ0) is 25.3. The fraction of sp³-hybridized carbons (Fsp3) is 0.818. The fourth-order valence-electron chi connectivity index (χ4n) is 4.75. The highest BCUT2D eigenvalue weighted by Gasteiger charge is 2.56. The van der Waals surface area contributed by atoms with Gasteiger partial charge in [0.2, 0.25) is 11.8 Å². The zero-order valence-electron chi connectivity index (χ0n) is 19.3. The van der Waals surface area contributed by atoms with Crippen molar-refractivity contribution in [2.24, 2.45) is 17.3 Å². The third-order valence-electron chi connectivity index (χ3n) is 6.80.